The maximum Gasteiger partial charge on any atom is 0.243 e. The van der Waals surface area contributed by atoms with Crippen LogP contribution in [0.15, 0.2) is 78.9 Å². The summed E-state index contributed by atoms with van der Waals surface area (Å²) in [6.07, 6.45) is 4.66. The number of hydrogen-bond donors (Lipinski definition) is 2. The molecule has 3 aromatic carbocycles. The van der Waals surface area contributed by atoms with Gasteiger partial charge in [0, 0.05) is 23.5 Å². The molecule has 1 amide bonds. The Kier molecular flexibility index (Phi) is 9.46. The molecule has 168 valence electrons. The Labute approximate surface area is 190 Å². The normalized spacial score (nSPS) is 10.4. The summed E-state index contributed by atoms with van der Waals surface area (Å²) in [5.74, 6) is 1.40. The second kappa shape index (κ2) is 13.1. The van der Waals surface area contributed by atoms with Crippen molar-refractivity contribution in [2.24, 2.45) is 0 Å². The molecule has 5 nitrogen and oxygen atoms in total. The molecule has 0 aliphatic rings. The lowest BCUT2D eigenvalue weighted by molar-refractivity contribution is -0.114. The third-order valence-electron chi connectivity index (χ3n) is 4.92. The van der Waals surface area contributed by atoms with E-state index in [0.29, 0.717) is 13.2 Å². The van der Waals surface area contributed by atoms with Gasteiger partial charge in [-0.05, 0) is 36.2 Å². The van der Waals surface area contributed by atoms with E-state index in [4.69, 9.17) is 9.47 Å². The van der Waals surface area contributed by atoms with Gasteiger partial charge in [-0.15, -0.1) is 0 Å². The van der Waals surface area contributed by atoms with Crippen LogP contribution in [0, 0.1) is 0 Å². The highest BCUT2D eigenvalue weighted by molar-refractivity contribution is 5.93. The third kappa shape index (κ3) is 8.34. The molecule has 0 spiro atoms. The van der Waals surface area contributed by atoms with Crippen LogP contribution >= 0.6 is 0 Å². The summed E-state index contributed by atoms with van der Waals surface area (Å²) >= 11 is 0. The van der Waals surface area contributed by atoms with Crippen molar-refractivity contribution in [1.29, 1.82) is 0 Å². The van der Waals surface area contributed by atoms with Crippen molar-refractivity contribution >= 4 is 17.3 Å². The lowest BCUT2D eigenvalue weighted by Gasteiger charge is -2.11. The highest BCUT2D eigenvalue weighted by Crippen LogP contribution is 2.20. The lowest BCUT2D eigenvalue weighted by atomic mass is 10.2. The number of carbonyl (C=O) groups excluding carboxylic acids is 1. The fourth-order valence-corrected chi connectivity index (χ4v) is 3.21. The number of amides is 1. The highest BCUT2D eigenvalue weighted by atomic mass is 16.5. The van der Waals surface area contributed by atoms with E-state index in [9.17, 15) is 4.79 Å². The van der Waals surface area contributed by atoms with Crippen molar-refractivity contribution in [3.05, 3.63) is 84.4 Å². The Morgan fingerprint density at radius 3 is 2.28 bits per heavy atom. The van der Waals surface area contributed by atoms with E-state index in [1.807, 2.05) is 78.9 Å². The minimum atomic E-state index is -0.124. The summed E-state index contributed by atoms with van der Waals surface area (Å²) < 4.78 is 11.6. The first kappa shape index (κ1) is 23.2. The molecule has 0 saturated heterocycles. The van der Waals surface area contributed by atoms with E-state index in [2.05, 4.69) is 17.6 Å². The average molecular weight is 433 g/mol. The molecule has 0 unspecified atom stereocenters. The van der Waals surface area contributed by atoms with E-state index < -0.39 is 0 Å². The summed E-state index contributed by atoms with van der Waals surface area (Å²) in [6.45, 7) is 3.55. The summed E-state index contributed by atoms with van der Waals surface area (Å²) in [4.78, 5) is 12.4. The van der Waals surface area contributed by atoms with E-state index >= 15 is 0 Å². The van der Waals surface area contributed by atoms with Gasteiger partial charge in [0.05, 0.1) is 13.2 Å². The smallest absolute Gasteiger partial charge is 0.243 e. The van der Waals surface area contributed by atoms with Crippen molar-refractivity contribution < 1.29 is 14.3 Å². The quantitative estimate of drug-likeness (QED) is 0.312. The first-order chi connectivity index (χ1) is 15.7. The zero-order chi connectivity index (χ0) is 22.4. The fourth-order valence-electron chi connectivity index (χ4n) is 3.21. The molecular weight excluding hydrogens is 400 g/mol. The van der Waals surface area contributed by atoms with Crippen LogP contribution in [-0.4, -0.2) is 19.1 Å². The first-order valence-electron chi connectivity index (χ1n) is 11.3. The van der Waals surface area contributed by atoms with Gasteiger partial charge < -0.3 is 20.1 Å². The number of rotatable bonds is 13. The fraction of sp³-hybridized carbons (Fsp3) is 0.296. The predicted molar refractivity (Wildman–Crippen MR) is 130 cm³/mol. The summed E-state index contributed by atoms with van der Waals surface area (Å²) in [5, 5.41) is 6.06. The SMILES string of the molecule is CCCCCCOc1cccc(NC(=O)CNc2cccc(OCc3ccccc3)c2)c1. The second-order valence-corrected chi connectivity index (χ2v) is 7.64. The van der Waals surface area contributed by atoms with Crippen LogP contribution in [0.1, 0.15) is 38.2 Å². The molecule has 0 aliphatic carbocycles. The van der Waals surface area contributed by atoms with Crippen LogP contribution in [0.3, 0.4) is 0 Å². The molecule has 32 heavy (non-hydrogen) atoms. The van der Waals surface area contributed by atoms with Crippen LogP contribution in [-0.2, 0) is 11.4 Å². The standard InChI is InChI=1S/C27H32N2O3/c1-2-3-4-8-17-31-25-15-10-14-24(19-25)29-27(30)20-28-23-13-9-16-26(18-23)32-21-22-11-6-5-7-12-22/h5-7,9-16,18-19,28H,2-4,8,17,20-21H2,1H3,(H,29,30). The van der Waals surface area contributed by atoms with Crippen LogP contribution in [0.4, 0.5) is 11.4 Å². The molecule has 0 atom stereocenters. The van der Waals surface area contributed by atoms with E-state index in [0.717, 1.165) is 34.9 Å². The molecule has 3 aromatic rings. The summed E-state index contributed by atoms with van der Waals surface area (Å²) in [6, 6.07) is 25.1. The van der Waals surface area contributed by atoms with Gasteiger partial charge in [0.15, 0.2) is 0 Å². The Morgan fingerprint density at radius 2 is 1.50 bits per heavy atom. The first-order valence-corrected chi connectivity index (χ1v) is 11.3. The highest BCUT2D eigenvalue weighted by Gasteiger charge is 2.05. The van der Waals surface area contributed by atoms with E-state index in [-0.39, 0.29) is 12.5 Å². The van der Waals surface area contributed by atoms with Gasteiger partial charge >= 0.3 is 0 Å². The number of hydrogen-bond acceptors (Lipinski definition) is 4. The van der Waals surface area contributed by atoms with Crippen molar-refractivity contribution in [2.45, 2.75) is 39.2 Å². The third-order valence-corrected chi connectivity index (χ3v) is 4.92. The number of ether oxygens (including phenoxy) is 2. The number of anilines is 2. The van der Waals surface area contributed by atoms with Gasteiger partial charge in [-0.3, -0.25) is 4.79 Å². The molecule has 0 heterocycles. The molecule has 0 bridgehead atoms. The zero-order valence-corrected chi connectivity index (χ0v) is 18.7. The predicted octanol–water partition coefficient (Wildman–Crippen LogP) is 6.28. The molecular formula is C27H32N2O3. The van der Waals surface area contributed by atoms with Gasteiger partial charge in [-0.2, -0.15) is 0 Å². The van der Waals surface area contributed by atoms with Crippen molar-refractivity contribution in [3.63, 3.8) is 0 Å². The molecule has 0 saturated carbocycles. The van der Waals surface area contributed by atoms with Gasteiger partial charge in [-0.1, -0.05) is 68.7 Å². The van der Waals surface area contributed by atoms with Crippen LogP contribution in [0.5, 0.6) is 11.5 Å². The molecule has 0 fully saturated rings. The summed E-state index contributed by atoms with van der Waals surface area (Å²) in [5.41, 5.74) is 2.66. The van der Waals surface area contributed by atoms with E-state index in [1.165, 1.54) is 19.3 Å². The van der Waals surface area contributed by atoms with Crippen molar-refractivity contribution in [2.75, 3.05) is 23.8 Å². The van der Waals surface area contributed by atoms with Crippen molar-refractivity contribution in [3.8, 4) is 11.5 Å². The molecule has 3 rings (SSSR count). The minimum absolute atomic E-state index is 0.124. The number of unbranched alkanes of at least 4 members (excludes halogenated alkanes) is 3. The van der Waals surface area contributed by atoms with Gasteiger partial charge in [0.1, 0.15) is 18.1 Å². The average Bonchev–Trinajstić information content (AvgIpc) is 2.82. The lowest BCUT2D eigenvalue weighted by Crippen LogP contribution is -2.21. The Morgan fingerprint density at radius 1 is 0.781 bits per heavy atom. The zero-order valence-electron chi connectivity index (χ0n) is 18.7. The number of benzene rings is 3. The molecule has 0 aliphatic heterocycles. The van der Waals surface area contributed by atoms with Crippen LogP contribution in [0.2, 0.25) is 0 Å². The Hall–Kier alpha value is -3.47. The molecule has 2 N–H and O–H groups in total. The minimum Gasteiger partial charge on any atom is -0.494 e. The Balaban J connectivity index is 1.43. The molecule has 0 aromatic heterocycles. The molecule has 5 heteroatoms. The van der Waals surface area contributed by atoms with Gasteiger partial charge in [-0.25, -0.2) is 0 Å². The van der Waals surface area contributed by atoms with Crippen molar-refractivity contribution in [1.82, 2.24) is 0 Å². The Bertz CT molecular complexity index is 960. The maximum absolute atomic E-state index is 12.4. The molecule has 0 radical (unpaired) electrons. The number of carbonyl (C=O) groups is 1. The van der Waals surface area contributed by atoms with Crippen LogP contribution < -0.4 is 20.1 Å². The van der Waals surface area contributed by atoms with Gasteiger partial charge in [0.25, 0.3) is 0 Å². The van der Waals surface area contributed by atoms with Gasteiger partial charge in [0.2, 0.25) is 5.91 Å². The second-order valence-electron chi connectivity index (χ2n) is 7.64. The number of nitrogens with one attached hydrogen (secondary N) is 2. The monoisotopic (exact) mass is 432 g/mol. The summed E-state index contributed by atoms with van der Waals surface area (Å²) in [7, 11) is 0. The maximum atomic E-state index is 12.4. The van der Waals surface area contributed by atoms with E-state index in [1.54, 1.807) is 0 Å². The van der Waals surface area contributed by atoms with Crippen LogP contribution in [0.25, 0.3) is 0 Å². The largest absolute Gasteiger partial charge is 0.494 e. The topological polar surface area (TPSA) is 59.6 Å².